The summed E-state index contributed by atoms with van der Waals surface area (Å²) in [6.07, 6.45) is 9.18. The predicted molar refractivity (Wildman–Crippen MR) is 43.8 cm³/mol. The van der Waals surface area contributed by atoms with E-state index in [0.29, 0.717) is 0 Å². The first-order valence-electron chi connectivity index (χ1n) is 4.92. The molecular formula is C10H18. The average Bonchev–Trinajstić information content (AvgIpc) is 1.92. The molecule has 2 fully saturated rings. The maximum absolute atomic E-state index is 2.36. The molecule has 0 aromatic heterocycles. The van der Waals surface area contributed by atoms with Crippen molar-refractivity contribution >= 4 is 0 Å². The molecule has 2 saturated carbocycles. The molecule has 0 heterocycles. The van der Waals surface area contributed by atoms with E-state index in [2.05, 4.69) is 6.92 Å². The van der Waals surface area contributed by atoms with Gasteiger partial charge < -0.3 is 0 Å². The van der Waals surface area contributed by atoms with E-state index < -0.39 is 0 Å². The minimum Gasteiger partial charge on any atom is -0.0651 e. The fraction of sp³-hybridized carbons (Fsp3) is 1.00. The van der Waals surface area contributed by atoms with Crippen LogP contribution in [0.4, 0.5) is 0 Å². The third kappa shape index (κ3) is 0.889. The number of rotatable bonds is 1. The van der Waals surface area contributed by atoms with Gasteiger partial charge in [-0.1, -0.05) is 32.6 Å². The molecule has 0 nitrogen and oxygen atoms in total. The van der Waals surface area contributed by atoms with Crippen molar-refractivity contribution in [3.05, 3.63) is 0 Å². The maximum Gasteiger partial charge on any atom is -0.0357 e. The summed E-state index contributed by atoms with van der Waals surface area (Å²) in [5.41, 5.74) is 0. The first-order chi connectivity index (χ1) is 4.92. The Balaban J connectivity index is 1.89. The Kier molecular flexibility index (Phi) is 1.71. The summed E-state index contributed by atoms with van der Waals surface area (Å²) in [5.74, 6) is 3.46. The summed E-state index contributed by atoms with van der Waals surface area (Å²) in [5, 5.41) is 0. The highest BCUT2D eigenvalue weighted by atomic mass is 14.4. The zero-order valence-electron chi connectivity index (χ0n) is 6.97. The Labute approximate surface area is 64.0 Å². The van der Waals surface area contributed by atoms with E-state index in [-0.39, 0.29) is 0 Å². The van der Waals surface area contributed by atoms with Crippen LogP contribution in [0.15, 0.2) is 0 Å². The summed E-state index contributed by atoms with van der Waals surface area (Å²) in [4.78, 5) is 0. The molecule has 0 amide bonds. The smallest absolute Gasteiger partial charge is 0.0357 e. The second kappa shape index (κ2) is 2.56. The van der Waals surface area contributed by atoms with Crippen molar-refractivity contribution in [2.75, 3.05) is 0 Å². The molecule has 2 aliphatic rings. The fourth-order valence-electron chi connectivity index (χ4n) is 2.99. The number of hydrogen-bond donors (Lipinski definition) is 0. The Morgan fingerprint density at radius 1 is 1.20 bits per heavy atom. The highest BCUT2D eigenvalue weighted by molar-refractivity contribution is 4.90. The molecule has 0 N–H and O–H groups in total. The Morgan fingerprint density at radius 3 is 2.70 bits per heavy atom. The molecule has 0 aromatic carbocycles. The molecule has 0 aliphatic heterocycles. The van der Waals surface area contributed by atoms with Crippen LogP contribution in [-0.4, -0.2) is 0 Å². The van der Waals surface area contributed by atoms with Gasteiger partial charge in [0.05, 0.1) is 0 Å². The van der Waals surface area contributed by atoms with Gasteiger partial charge in [-0.25, -0.2) is 0 Å². The molecule has 0 aromatic rings. The molecule has 10 heavy (non-hydrogen) atoms. The highest BCUT2D eigenvalue weighted by Gasteiger charge is 2.40. The molecule has 2 aliphatic carbocycles. The second-order valence-corrected chi connectivity index (χ2v) is 4.11. The molecule has 0 spiro atoms. The van der Waals surface area contributed by atoms with Gasteiger partial charge in [-0.3, -0.25) is 0 Å². The molecule has 2 rings (SSSR count). The van der Waals surface area contributed by atoms with Crippen LogP contribution in [0.2, 0.25) is 0 Å². The molecule has 0 radical (unpaired) electrons. The standard InChI is InChI=1S/C10H18/c1-2-8-7-9-5-3-4-6-10(8)9/h8-10H,2-7H2,1H3. The quantitative estimate of drug-likeness (QED) is 0.522. The van der Waals surface area contributed by atoms with Crippen LogP contribution >= 0.6 is 0 Å². The molecule has 0 heteroatoms. The molecule has 3 unspecified atom stereocenters. The van der Waals surface area contributed by atoms with Crippen molar-refractivity contribution in [3.8, 4) is 0 Å². The van der Waals surface area contributed by atoms with Crippen LogP contribution in [0.3, 0.4) is 0 Å². The Hall–Kier alpha value is 0. The second-order valence-electron chi connectivity index (χ2n) is 4.11. The third-order valence-electron chi connectivity index (χ3n) is 3.70. The number of fused-ring (bicyclic) bond motifs is 1. The fourth-order valence-corrected chi connectivity index (χ4v) is 2.99. The van der Waals surface area contributed by atoms with Gasteiger partial charge in [0, 0.05) is 0 Å². The van der Waals surface area contributed by atoms with E-state index in [9.17, 15) is 0 Å². The minimum atomic E-state index is 1.13. The van der Waals surface area contributed by atoms with E-state index in [4.69, 9.17) is 0 Å². The van der Waals surface area contributed by atoms with E-state index in [0.717, 1.165) is 5.92 Å². The van der Waals surface area contributed by atoms with Crippen LogP contribution in [0.25, 0.3) is 0 Å². The lowest BCUT2D eigenvalue weighted by molar-refractivity contribution is 0.0273. The topological polar surface area (TPSA) is 0 Å². The average molecular weight is 138 g/mol. The predicted octanol–water partition coefficient (Wildman–Crippen LogP) is 3.22. The SMILES string of the molecule is CCC1CC2CCCCC12. The molecule has 0 saturated heterocycles. The maximum atomic E-state index is 2.36. The Morgan fingerprint density at radius 2 is 2.00 bits per heavy atom. The first kappa shape index (κ1) is 6.69. The molecule has 0 bridgehead atoms. The largest absolute Gasteiger partial charge is 0.0651 e. The lowest BCUT2D eigenvalue weighted by Gasteiger charge is -2.47. The van der Waals surface area contributed by atoms with Gasteiger partial charge in [0.2, 0.25) is 0 Å². The van der Waals surface area contributed by atoms with Gasteiger partial charge >= 0.3 is 0 Å². The van der Waals surface area contributed by atoms with Gasteiger partial charge in [0.1, 0.15) is 0 Å². The summed E-state index contributed by atoms with van der Waals surface area (Å²) in [6.45, 7) is 2.36. The highest BCUT2D eigenvalue weighted by Crippen LogP contribution is 2.50. The van der Waals surface area contributed by atoms with Gasteiger partial charge in [-0.05, 0) is 30.6 Å². The van der Waals surface area contributed by atoms with Gasteiger partial charge in [-0.2, -0.15) is 0 Å². The van der Waals surface area contributed by atoms with E-state index in [1.165, 1.54) is 31.1 Å². The van der Waals surface area contributed by atoms with Gasteiger partial charge in [-0.15, -0.1) is 0 Å². The molecular weight excluding hydrogens is 120 g/mol. The van der Waals surface area contributed by atoms with E-state index >= 15 is 0 Å². The van der Waals surface area contributed by atoms with E-state index in [1.54, 1.807) is 19.3 Å². The Bertz CT molecular complexity index is 113. The third-order valence-corrected chi connectivity index (χ3v) is 3.70. The monoisotopic (exact) mass is 138 g/mol. The van der Waals surface area contributed by atoms with Crippen molar-refractivity contribution in [2.45, 2.75) is 45.4 Å². The van der Waals surface area contributed by atoms with Gasteiger partial charge in [0.15, 0.2) is 0 Å². The lowest BCUT2D eigenvalue weighted by Crippen LogP contribution is -2.38. The van der Waals surface area contributed by atoms with Crippen LogP contribution in [0, 0.1) is 17.8 Å². The first-order valence-corrected chi connectivity index (χ1v) is 4.92. The van der Waals surface area contributed by atoms with Crippen molar-refractivity contribution in [1.82, 2.24) is 0 Å². The van der Waals surface area contributed by atoms with Crippen LogP contribution in [-0.2, 0) is 0 Å². The molecule has 3 atom stereocenters. The van der Waals surface area contributed by atoms with Gasteiger partial charge in [0.25, 0.3) is 0 Å². The van der Waals surface area contributed by atoms with Crippen LogP contribution < -0.4 is 0 Å². The summed E-state index contributed by atoms with van der Waals surface area (Å²) in [7, 11) is 0. The summed E-state index contributed by atoms with van der Waals surface area (Å²) in [6, 6.07) is 0. The lowest BCUT2D eigenvalue weighted by atomic mass is 9.58. The summed E-state index contributed by atoms with van der Waals surface area (Å²) >= 11 is 0. The zero-order valence-corrected chi connectivity index (χ0v) is 6.97. The zero-order chi connectivity index (χ0) is 6.97. The number of hydrogen-bond acceptors (Lipinski definition) is 0. The normalized spacial score (nSPS) is 45.9. The van der Waals surface area contributed by atoms with Crippen molar-refractivity contribution in [3.63, 3.8) is 0 Å². The van der Waals surface area contributed by atoms with Crippen molar-refractivity contribution in [2.24, 2.45) is 17.8 Å². The van der Waals surface area contributed by atoms with Crippen molar-refractivity contribution < 1.29 is 0 Å². The van der Waals surface area contributed by atoms with Crippen molar-refractivity contribution in [1.29, 1.82) is 0 Å². The molecule has 58 valence electrons. The summed E-state index contributed by atoms with van der Waals surface area (Å²) < 4.78 is 0. The van der Waals surface area contributed by atoms with Crippen LogP contribution in [0.5, 0.6) is 0 Å². The van der Waals surface area contributed by atoms with E-state index in [1.807, 2.05) is 0 Å². The minimum absolute atomic E-state index is 1.13. The van der Waals surface area contributed by atoms with Crippen LogP contribution in [0.1, 0.15) is 45.4 Å².